The molecule has 1 unspecified atom stereocenters. The number of aromatic nitrogens is 2. The number of aryl methyl sites for hydroxylation is 1. The first kappa shape index (κ1) is 11.9. The number of azide groups is 1. The Balaban J connectivity index is 2.32. The second kappa shape index (κ2) is 6.34. The van der Waals surface area contributed by atoms with Crippen molar-refractivity contribution in [3.05, 3.63) is 27.4 Å². The van der Waals surface area contributed by atoms with Gasteiger partial charge in [-0.25, -0.2) is 0 Å². The molecular weight excluding hydrogens is 214 g/mol. The molecule has 81 valence electrons. The van der Waals surface area contributed by atoms with Gasteiger partial charge in [0.15, 0.2) is 0 Å². The van der Waals surface area contributed by atoms with Gasteiger partial charge in [0.05, 0.1) is 12.6 Å². The lowest BCUT2D eigenvalue weighted by Crippen LogP contribution is -2.11. The maximum atomic E-state index is 9.38. The highest BCUT2D eigenvalue weighted by molar-refractivity contribution is 7.11. The maximum Gasteiger partial charge on any atom is 0.117 e. The summed E-state index contributed by atoms with van der Waals surface area (Å²) >= 11 is 1.50. The van der Waals surface area contributed by atoms with Gasteiger partial charge in [-0.2, -0.15) is 0 Å². The summed E-state index contributed by atoms with van der Waals surface area (Å²) in [5.41, 5.74) is 8.06. The molecule has 7 heteroatoms. The molecule has 0 aromatic carbocycles. The highest BCUT2D eigenvalue weighted by Crippen LogP contribution is 2.12. The van der Waals surface area contributed by atoms with Crippen molar-refractivity contribution < 1.29 is 5.11 Å². The van der Waals surface area contributed by atoms with Crippen LogP contribution < -0.4 is 0 Å². The van der Waals surface area contributed by atoms with Crippen LogP contribution in [-0.2, 0) is 12.8 Å². The zero-order valence-electron chi connectivity index (χ0n) is 8.20. The van der Waals surface area contributed by atoms with Crippen LogP contribution in [0.5, 0.6) is 0 Å². The summed E-state index contributed by atoms with van der Waals surface area (Å²) in [7, 11) is 0. The van der Waals surface area contributed by atoms with E-state index in [2.05, 4.69) is 27.1 Å². The average Bonchev–Trinajstić information content (AvgIpc) is 2.71. The molecule has 1 atom stereocenters. The van der Waals surface area contributed by atoms with Crippen molar-refractivity contribution in [2.45, 2.75) is 25.4 Å². The number of hydrogen-bond acceptors (Lipinski definition) is 5. The Labute approximate surface area is 91.6 Å². The minimum atomic E-state index is -0.604. The van der Waals surface area contributed by atoms with E-state index in [-0.39, 0.29) is 6.54 Å². The fraction of sp³-hybridized carbons (Fsp3) is 0.625. The van der Waals surface area contributed by atoms with E-state index < -0.39 is 6.10 Å². The van der Waals surface area contributed by atoms with Gasteiger partial charge in [-0.1, -0.05) is 5.11 Å². The SMILES string of the molecule is [CH2]Cc1nnc(CCC(O)CN=[N+]=[N-])s1. The molecule has 0 aliphatic carbocycles. The minimum Gasteiger partial charge on any atom is -0.393 e. The fourth-order valence-electron chi connectivity index (χ4n) is 1.00. The van der Waals surface area contributed by atoms with Crippen molar-refractivity contribution in [2.75, 3.05) is 6.54 Å². The molecule has 0 saturated carbocycles. The van der Waals surface area contributed by atoms with E-state index >= 15 is 0 Å². The Kier molecular flexibility index (Phi) is 5.03. The van der Waals surface area contributed by atoms with E-state index in [1.165, 1.54) is 11.3 Å². The quantitative estimate of drug-likeness (QED) is 0.452. The first-order valence-corrected chi connectivity index (χ1v) is 5.37. The van der Waals surface area contributed by atoms with Crippen LogP contribution in [0.2, 0.25) is 0 Å². The standard InChI is InChI=1S/C8H12N5OS/c1-2-7-11-12-8(15-7)4-3-6(14)5-10-13-9/h6,14H,1-5H2. The molecule has 1 radical (unpaired) electrons. The highest BCUT2D eigenvalue weighted by Gasteiger charge is 2.06. The van der Waals surface area contributed by atoms with E-state index in [0.717, 1.165) is 10.0 Å². The van der Waals surface area contributed by atoms with Crippen LogP contribution in [0.1, 0.15) is 16.4 Å². The summed E-state index contributed by atoms with van der Waals surface area (Å²) in [5.74, 6) is 0. The molecule has 0 aliphatic heterocycles. The smallest absolute Gasteiger partial charge is 0.117 e. The highest BCUT2D eigenvalue weighted by atomic mass is 32.1. The molecule has 0 saturated heterocycles. The molecule has 1 aromatic heterocycles. The molecule has 1 heterocycles. The monoisotopic (exact) mass is 226 g/mol. The van der Waals surface area contributed by atoms with Crippen LogP contribution in [0.15, 0.2) is 5.11 Å². The van der Waals surface area contributed by atoms with Crippen molar-refractivity contribution in [2.24, 2.45) is 5.11 Å². The molecule has 0 amide bonds. The van der Waals surface area contributed by atoms with Gasteiger partial charge in [0.1, 0.15) is 10.0 Å². The van der Waals surface area contributed by atoms with Crippen LogP contribution in [0, 0.1) is 6.92 Å². The van der Waals surface area contributed by atoms with Crippen LogP contribution in [0.3, 0.4) is 0 Å². The predicted octanol–water partition coefficient (Wildman–Crippen LogP) is 1.52. The van der Waals surface area contributed by atoms with Gasteiger partial charge >= 0.3 is 0 Å². The molecule has 1 aromatic rings. The number of hydrogen-bond donors (Lipinski definition) is 1. The van der Waals surface area contributed by atoms with Crippen LogP contribution in [-0.4, -0.2) is 28.0 Å². The van der Waals surface area contributed by atoms with Crippen LogP contribution in [0.25, 0.3) is 10.4 Å². The lowest BCUT2D eigenvalue weighted by atomic mass is 10.2. The lowest BCUT2D eigenvalue weighted by Gasteiger charge is -2.03. The van der Waals surface area contributed by atoms with E-state index in [1.54, 1.807) is 0 Å². The van der Waals surface area contributed by atoms with E-state index in [0.29, 0.717) is 19.3 Å². The van der Waals surface area contributed by atoms with Crippen molar-refractivity contribution in [3.63, 3.8) is 0 Å². The number of nitrogens with zero attached hydrogens (tertiary/aromatic N) is 5. The van der Waals surface area contributed by atoms with Gasteiger partial charge in [0.2, 0.25) is 0 Å². The molecule has 0 spiro atoms. The first-order valence-electron chi connectivity index (χ1n) is 4.55. The van der Waals surface area contributed by atoms with Gasteiger partial charge in [-0.3, -0.25) is 0 Å². The van der Waals surface area contributed by atoms with Gasteiger partial charge in [0, 0.05) is 17.8 Å². The average molecular weight is 226 g/mol. The molecule has 1 N–H and O–H groups in total. The lowest BCUT2D eigenvalue weighted by molar-refractivity contribution is 0.173. The summed E-state index contributed by atoms with van der Waals surface area (Å²) in [6, 6.07) is 0. The third-order valence-corrected chi connectivity index (χ3v) is 2.81. The summed E-state index contributed by atoms with van der Waals surface area (Å²) in [5, 5.41) is 22.3. The molecule has 6 nitrogen and oxygen atoms in total. The van der Waals surface area contributed by atoms with E-state index in [4.69, 9.17) is 5.53 Å². The zero-order valence-corrected chi connectivity index (χ0v) is 9.02. The first-order chi connectivity index (χ1) is 7.26. The third-order valence-electron chi connectivity index (χ3n) is 1.77. The molecular formula is C8H12N5OS. The van der Waals surface area contributed by atoms with Crippen LogP contribution in [0.4, 0.5) is 0 Å². The second-order valence-corrected chi connectivity index (χ2v) is 4.09. The van der Waals surface area contributed by atoms with Crippen molar-refractivity contribution in [1.82, 2.24) is 10.2 Å². The normalized spacial score (nSPS) is 12.1. The fourth-order valence-corrected chi connectivity index (χ4v) is 1.76. The topological polar surface area (TPSA) is 94.8 Å². The largest absolute Gasteiger partial charge is 0.393 e. The van der Waals surface area contributed by atoms with Gasteiger partial charge in [-0.15, -0.1) is 21.5 Å². The molecule has 0 fully saturated rings. The van der Waals surface area contributed by atoms with Crippen molar-refractivity contribution >= 4 is 11.3 Å². The second-order valence-electron chi connectivity index (χ2n) is 2.95. The van der Waals surface area contributed by atoms with Gasteiger partial charge in [0.25, 0.3) is 0 Å². The predicted molar refractivity (Wildman–Crippen MR) is 57.3 cm³/mol. The summed E-state index contributed by atoms with van der Waals surface area (Å²) < 4.78 is 0. The summed E-state index contributed by atoms with van der Waals surface area (Å²) in [6.45, 7) is 3.82. The van der Waals surface area contributed by atoms with Crippen LogP contribution >= 0.6 is 11.3 Å². The number of aliphatic hydroxyl groups is 1. The van der Waals surface area contributed by atoms with Crippen molar-refractivity contribution in [3.8, 4) is 0 Å². The van der Waals surface area contributed by atoms with E-state index in [9.17, 15) is 5.11 Å². The van der Waals surface area contributed by atoms with E-state index in [1.807, 2.05) is 0 Å². The third kappa shape index (κ3) is 4.24. The van der Waals surface area contributed by atoms with Gasteiger partial charge < -0.3 is 5.11 Å². The number of rotatable bonds is 6. The molecule has 0 bridgehead atoms. The Morgan fingerprint density at radius 1 is 1.53 bits per heavy atom. The Morgan fingerprint density at radius 3 is 2.87 bits per heavy atom. The minimum absolute atomic E-state index is 0.109. The Morgan fingerprint density at radius 2 is 2.27 bits per heavy atom. The van der Waals surface area contributed by atoms with Crippen molar-refractivity contribution in [1.29, 1.82) is 0 Å². The molecule has 0 aliphatic rings. The maximum absolute atomic E-state index is 9.38. The zero-order chi connectivity index (χ0) is 11.1. The summed E-state index contributed by atoms with van der Waals surface area (Å²) in [4.78, 5) is 2.58. The molecule has 1 rings (SSSR count). The van der Waals surface area contributed by atoms with Gasteiger partial charge in [-0.05, 0) is 18.9 Å². The Hall–Kier alpha value is -1.17. The Bertz CT molecular complexity index is 347. The summed E-state index contributed by atoms with van der Waals surface area (Å²) in [6.07, 6.45) is 1.22. The number of aliphatic hydroxyl groups excluding tert-OH is 1. The molecule has 15 heavy (non-hydrogen) atoms.